The minimum atomic E-state index is -0.407. The Hall–Kier alpha value is -1.39. The summed E-state index contributed by atoms with van der Waals surface area (Å²) >= 11 is 0. The maximum absolute atomic E-state index is 12.4. The molecule has 1 aromatic rings. The van der Waals surface area contributed by atoms with Crippen molar-refractivity contribution in [3.05, 3.63) is 35.9 Å². The molecule has 2 N–H and O–H groups in total. The number of carbonyl (C=O) groups excluding carboxylic acids is 1. The molecular formula is C16H26N2O2. The van der Waals surface area contributed by atoms with Gasteiger partial charge in [-0.2, -0.15) is 0 Å². The molecular weight excluding hydrogens is 252 g/mol. The van der Waals surface area contributed by atoms with E-state index < -0.39 is 6.04 Å². The third-order valence-electron chi connectivity index (χ3n) is 3.28. The summed E-state index contributed by atoms with van der Waals surface area (Å²) in [6.45, 7) is 3.79. The van der Waals surface area contributed by atoms with Crippen LogP contribution in [0.1, 0.15) is 31.7 Å². The van der Waals surface area contributed by atoms with Gasteiger partial charge in [-0.05, 0) is 12.0 Å². The van der Waals surface area contributed by atoms with Crippen LogP contribution in [-0.4, -0.2) is 37.1 Å². The Balaban J connectivity index is 2.65. The van der Waals surface area contributed by atoms with Crippen molar-refractivity contribution in [1.82, 2.24) is 4.90 Å². The predicted molar refractivity (Wildman–Crippen MR) is 81.2 cm³/mol. The normalized spacial score (nSPS) is 12.2. The van der Waals surface area contributed by atoms with Crippen molar-refractivity contribution >= 4 is 5.91 Å². The maximum atomic E-state index is 12.4. The van der Waals surface area contributed by atoms with Crippen LogP contribution in [0.5, 0.6) is 0 Å². The number of amides is 1. The first-order chi connectivity index (χ1) is 9.69. The van der Waals surface area contributed by atoms with Crippen LogP contribution >= 0.6 is 0 Å². The van der Waals surface area contributed by atoms with Crippen LogP contribution in [0.4, 0.5) is 0 Å². The Morgan fingerprint density at radius 3 is 2.65 bits per heavy atom. The fourth-order valence-electron chi connectivity index (χ4n) is 2.05. The van der Waals surface area contributed by atoms with Gasteiger partial charge < -0.3 is 15.4 Å². The van der Waals surface area contributed by atoms with Crippen molar-refractivity contribution in [1.29, 1.82) is 0 Å². The molecule has 0 fully saturated rings. The minimum Gasteiger partial charge on any atom is -0.383 e. The molecule has 112 valence electrons. The molecule has 1 unspecified atom stereocenters. The molecule has 0 aromatic heterocycles. The molecule has 1 amide bonds. The van der Waals surface area contributed by atoms with E-state index in [-0.39, 0.29) is 5.91 Å². The molecule has 0 heterocycles. The summed E-state index contributed by atoms with van der Waals surface area (Å²) in [6, 6.07) is 9.56. The molecule has 0 saturated carbocycles. The highest BCUT2D eigenvalue weighted by atomic mass is 16.5. The summed E-state index contributed by atoms with van der Waals surface area (Å²) in [5, 5.41) is 0. The summed E-state index contributed by atoms with van der Waals surface area (Å²) < 4.78 is 5.09. The van der Waals surface area contributed by atoms with Gasteiger partial charge in [0, 0.05) is 20.2 Å². The van der Waals surface area contributed by atoms with Gasteiger partial charge in [0.25, 0.3) is 0 Å². The Morgan fingerprint density at radius 2 is 2.05 bits per heavy atom. The average Bonchev–Trinajstić information content (AvgIpc) is 2.49. The summed E-state index contributed by atoms with van der Waals surface area (Å²) in [5.74, 6) is 0.0133. The molecule has 0 aliphatic rings. The molecule has 4 nitrogen and oxygen atoms in total. The van der Waals surface area contributed by atoms with E-state index in [1.54, 1.807) is 12.0 Å². The van der Waals surface area contributed by atoms with Crippen molar-refractivity contribution in [2.45, 2.75) is 38.8 Å². The van der Waals surface area contributed by atoms with E-state index >= 15 is 0 Å². The predicted octanol–water partition coefficient (Wildman–Crippen LogP) is 2.18. The maximum Gasteiger partial charge on any atom is 0.239 e. The van der Waals surface area contributed by atoms with Crippen molar-refractivity contribution in [3.8, 4) is 0 Å². The number of benzene rings is 1. The van der Waals surface area contributed by atoms with Gasteiger partial charge in [0.15, 0.2) is 0 Å². The second kappa shape index (κ2) is 9.50. The molecule has 0 aliphatic heterocycles. The monoisotopic (exact) mass is 278 g/mol. The lowest BCUT2D eigenvalue weighted by Gasteiger charge is -2.25. The summed E-state index contributed by atoms with van der Waals surface area (Å²) in [5.41, 5.74) is 7.11. The van der Waals surface area contributed by atoms with Crippen LogP contribution in [0.3, 0.4) is 0 Å². The molecule has 0 spiro atoms. The van der Waals surface area contributed by atoms with Crippen molar-refractivity contribution in [2.24, 2.45) is 5.73 Å². The van der Waals surface area contributed by atoms with E-state index in [9.17, 15) is 4.79 Å². The topological polar surface area (TPSA) is 55.6 Å². The number of ether oxygens (including phenoxy) is 1. The number of nitrogens with zero attached hydrogens (tertiary/aromatic N) is 1. The zero-order valence-corrected chi connectivity index (χ0v) is 12.5. The van der Waals surface area contributed by atoms with E-state index in [1.165, 1.54) is 0 Å². The third-order valence-corrected chi connectivity index (χ3v) is 3.28. The Morgan fingerprint density at radius 1 is 1.35 bits per heavy atom. The molecule has 0 radical (unpaired) electrons. The first-order valence-electron chi connectivity index (χ1n) is 7.26. The van der Waals surface area contributed by atoms with Crippen LogP contribution in [0.15, 0.2) is 30.3 Å². The fourth-order valence-corrected chi connectivity index (χ4v) is 2.05. The minimum absolute atomic E-state index is 0.0133. The highest BCUT2D eigenvalue weighted by Crippen LogP contribution is 2.08. The molecule has 1 rings (SSSR count). The lowest BCUT2D eigenvalue weighted by atomic mass is 10.1. The van der Waals surface area contributed by atoms with E-state index in [0.717, 1.165) is 24.8 Å². The zero-order chi connectivity index (χ0) is 14.8. The first-order valence-corrected chi connectivity index (χ1v) is 7.26. The van der Waals surface area contributed by atoms with Crippen LogP contribution in [-0.2, 0) is 16.1 Å². The third kappa shape index (κ3) is 5.72. The average molecular weight is 278 g/mol. The van der Waals surface area contributed by atoms with Gasteiger partial charge in [-0.3, -0.25) is 4.79 Å². The highest BCUT2D eigenvalue weighted by molar-refractivity contribution is 5.81. The van der Waals surface area contributed by atoms with Crippen LogP contribution < -0.4 is 5.73 Å². The van der Waals surface area contributed by atoms with Crippen LogP contribution in [0.2, 0.25) is 0 Å². The fraction of sp³-hybridized carbons (Fsp3) is 0.562. The van der Waals surface area contributed by atoms with E-state index in [1.807, 2.05) is 30.3 Å². The molecule has 4 heteroatoms. The van der Waals surface area contributed by atoms with Gasteiger partial charge >= 0.3 is 0 Å². The summed E-state index contributed by atoms with van der Waals surface area (Å²) in [6.07, 6.45) is 2.78. The van der Waals surface area contributed by atoms with E-state index in [4.69, 9.17) is 10.5 Å². The van der Waals surface area contributed by atoms with E-state index in [2.05, 4.69) is 6.92 Å². The number of hydrogen-bond donors (Lipinski definition) is 1. The Labute approximate surface area is 121 Å². The number of rotatable bonds is 9. The number of carbonyl (C=O) groups is 1. The van der Waals surface area contributed by atoms with Crippen molar-refractivity contribution < 1.29 is 9.53 Å². The zero-order valence-electron chi connectivity index (χ0n) is 12.5. The van der Waals surface area contributed by atoms with Crippen LogP contribution in [0.25, 0.3) is 0 Å². The number of unbranched alkanes of at least 4 members (excludes halogenated alkanes) is 1. The SMILES string of the molecule is CCCCC(N)C(=O)N(CCOC)Cc1ccccc1. The summed E-state index contributed by atoms with van der Waals surface area (Å²) in [7, 11) is 1.64. The molecule has 1 aromatic carbocycles. The van der Waals surface area contributed by atoms with Gasteiger partial charge in [-0.1, -0.05) is 50.1 Å². The largest absolute Gasteiger partial charge is 0.383 e. The van der Waals surface area contributed by atoms with Crippen LogP contribution in [0, 0.1) is 0 Å². The smallest absolute Gasteiger partial charge is 0.239 e. The van der Waals surface area contributed by atoms with Gasteiger partial charge in [0.05, 0.1) is 12.6 Å². The lowest BCUT2D eigenvalue weighted by molar-refractivity contribution is -0.134. The number of hydrogen-bond acceptors (Lipinski definition) is 3. The number of nitrogens with two attached hydrogens (primary N) is 1. The summed E-state index contributed by atoms with van der Waals surface area (Å²) in [4.78, 5) is 14.2. The molecule has 0 saturated heterocycles. The van der Waals surface area contributed by atoms with E-state index in [0.29, 0.717) is 19.7 Å². The molecule has 0 bridgehead atoms. The van der Waals surface area contributed by atoms with Gasteiger partial charge in [0.2, 0.25) is 5.91 Å². The quantitative estimate of drug-likeness (QED) is 0.753. The first kappa shape index (κ1) is 16.7. The molecule has 1 atom stereocenters. The molecule has 20 heavy (non-hydrogen) atoms. The number of methoxy groups -OCH3 is 1. The Kier molecular flexibility index (Phi) is 7.92. The van der Waals surface area contributed by atoms with Crippen molar-refractivity contribution in [2.75, 3.05) is 20.3 Å². The highest BCUT2D eigenvalue weighted by Gasteiger charge is 2.20. The molecule has 0 aliphatic carbocycles. The lowest BCUT2D eigenvalue weighted by Crippen LogP contribution is -2.44. The van der Waals surface area contributed by atoms with Gasteiger partial charge in [0.1, 0.15) is 0 Å². The standard InChI is InChI=1S/C16H26N2O2/c1-3-4-10-15(17)16(19)18(11-12-20-2)13-14-8-6-5-7-9-14/h5-9,15H,3-4,10-13,17H2,1-2H3. The Bertz CT molecular complexity index is 381. The van der Waals surface area contributed by atoms with Crippen molar-refractivity contribution in [3.63, 3.8) is 0 Å². The second-order valence-corrected chi connectivity index (χ2v) is 4.99. The second-order valence-electron chi connectivity index (χ2n) is 4.99. The van der Waals surface area contributed by atoms with Gasteiger partial charge in [-0.15, -0.1) is 0 Å². The van der Waals surface area contributed by atoms with Gasteiger partial charge in [-0.25, -0.2) is 0 Å².